The summed E-state index contributed by atoms with van der Waals surface area (Å²) in [5, 5.41) is 11.4. The first-order chi connectivity index (χ1) is 15.8. The van der Waals surface area contributed by atoms with E-state index in [1.807, 2.05) is 18.2 Å². The third kappa shape index (κ3) is 3.97. The minimum absolute atomic E-state index is 0.0573. The Morgan fingerprint density at radius 3 is 2.64 bits per heavy atom. The maximum atomic E-state index is 13.1. The summed E-state index contributed by atoms with van der Waals surface area (Å²) in [6.07, 6.45) is -4.24. The van der Waals surface area contributed by atoms with Crippen LogP contribution < -0.4 is 5.56 Å². The number of fused-ring (bicyclic) bond motifs is 2. The van der Waals surface area contributed by atoms with Gasteiger partial charge in [-0.3, -0.25) is 9.59 Å². The Hall–Kier alpha value is -4.02. The molecule has 1 amide bonds. The van der Waals surface area contributed by atoms with Crippen LogP contribution in [0, 0.1) is 0 Å². The van der Waals surface area contributed by atoms with Gasteiger partial charge in [-0.2, -0.15) is 18.3 Å². The van der Waals surface area contributed by atoms with E-state index in [0.29, 0.717) is 23.1 Å². The quantitative estimate of drug-likeness (QED) is 0.514. The van der Waals surface area contributed by atoms with Crippen LogP contribution in [0.2, 0.25) is 0 Å². The molecular formula is C22H17F3N6O2. The number of hydrogen-bond donors (Lipinski definition) is 1. The fraction of sp³-hybridized carbons (Fsp3) is 0.227. The maximum absolute atomic E-state index is 13.1. The molecule has 0 atom stereocenters. The Bertz CT molecular complexity index is 1430. The van der Waals surface area contributed by atoms with Gasteiger partial charge < -0.3 is 4.90 Å². The molecule has 0 radical (unpaired) electrons. The van der Waals surface area contributed by atoms with Gasteiger partial charge in [0.05, 0.1) is 24.2 Å². The van der Waals surface area contributed by atoms with Gasteiger partial charge in [-0.15, -0.1) is 5.10 Å². The van der Waals surface area contributed by atoms with E-state index in [2.05, 4.69) is 20.3 Å². The van der Waals surface area contributed by atoms with Crippen molar-refractivity contribution in [2.24, 2.45) is 0 Å². The molecule has 5 rings (SSSR count). The molecule has 0 saturated carbocycles. The largest absolute Gasteiger partial charge is 0.453 e. The second-order valence-electron chi connectivity index (χ2n) is 7.72. The fourth-order valence-electron chi connectivity index (χ4n) is 3.93. The number of halogens is 3. The van der Waals surface area contributed by atoms with Gasteiger partial charge in [0.15, 0.2) is 0 Å². The number of nitrogens with one attached hydrogen (secondary N) is 1. The highest BCUT2D eigenvalue weighted by atomic mass is 19.4. The number of alkyl halides is 3. The summed E-state index contributed by atoms with van der Waals surface area (Å²) in [6.45, 7) is 0.304. The molecule has 0 aliphatic carbocycles. The molecule has 4 aromatic rings. The van der Waals surface area contributed by atoms with E-state index < -0.39 is 12.0 Å². The second-order valence-corrected chi connectivity index (χ2v) is 7.72. The highest BCUT2D eigenvalue weighted by Gasteiger charge is 2.38. The molecule has 0 fully saturated rings. The molecular weight excluding hydrogens is 437 g/mol. The summed E-state index contributed by atoms with van der Waals surface area (Å²) in [4.78, 5) is 30.1. The van der Waals surface area contributed by atoms with E-state index in [0.717, 1.165) is 10.9 Å². The van der Waals surface area contributed by atoms with Crippen LogP contribution in [-0.4, -0.2) is 42.3 Å². The minimum Gasteiger partial charge on any atom is -0.329 e. The van der Waals surface area contributed by atoms with Gasteiger partial charge in [0, 0.05) is 23.9 Å². The predicted molar refractivity (Wildman–Crippen MR) is 111 cm³/mol. The van der Waals surface area contributed by atoms with Gasteiger partial charge in [-0.25, -0.2) is 14.8 Å². The maximum Gasteiger partial charge on any atom is 0.453 e. The number of aromatic amines is 1. The van der Waals surface area contributed by atoms with Crippen LogP contribution >= 0.6 is 0 Å². The topological polar surface area (TPSA) is 96.8 Å². The lowest BCUT2D eigenvalue weighted by atomic mass is 10.0. The zero-order valence-electron chi connectivity index (χ0n) is 17.1. The zero-order chi connectivity index (χ0) is 23.2. The van der Waals surface area contributed by atoms with Crippen LogP contribution in [0.25, 0.3) is 10.8 Å². The molecule has 0 spiro atoms. The highest BCUT2D eigenvalue weighted by Crippen LogP contribution is 2.27. The van der Waals surface area contributed by atoms with E-state index >= 15 is 0 Å². The number of carbonyl (C=O) groups is 1. The van der Waals surface area contributed by atoms with Crippen molar-refractivity contribution in [3.63, 3.8) is 0 Å². The van der Waals surface area contributed by atoms with Gasteiger partial charge in [0.2, 0.25) is 0 Å². The molecule has 8 nitrogen and oxygen atoms in total. The lowest BCUT2D eigenvalue weighted by Crippen LogP contribution is -2.38. The number of rotatable bonds is 3. The molecule has 2 aromatic heterocycles. The number of amides is 1. The minimum atomic E-state index is -4.63. The van der Waals surface area contributed by atoms with Crippen LogP contribution in [0.15, 0.2) is 53.3 Å². The van der Waals surface area contributed by atoms with Gasteiger partial charge >= 0.3 is 6.18 Å². The molecule has 3 heterocycles. The summed E-state index contributed by atoms with van der Waals surface area (Å²) in [5.74, 6) is -1.41. The molecule has 168 valence electrons. The molecule has 0 saturated heterocycles. The first kappa shape index (κ1) is 20.9. The molecule has 1 aliphatic heterocycles. The van der Waals surface area contributed by atoms with Crippen LogP contribution in [0.3, 0.4) is 0 Å². The molecule has 0 unspecified atom stereocenters. The van der Waals surface area contributed by atoms with Crippen LogP contribution in [-0.2, 0) is 25.7 Å². The standard InChI is InChI=1S/C22H17F3N6O2/c23-22(24,25)21-26-18-12-30(8-9-31(18)29-21)20(33)14-5-3-4-13(10-14)11-17-15-6-1-2-7-16(15)19(32)28-27-17/h1-7,10H,8-9,11-12H2,(H,28,32). The Morgan fingerprint density at radius 1 is 1.06 bits per heavy atom. The Morgan fingerprint density at radius 2 is 1.85 bits per heavy atom. The Balaban J connectivity index is 1.38. The van der Waals surface area contributed by atoms with E-state index in [-0.39, 0.29) is 36.9 Å². The number of benzene rings is 2. The first-order valence-electron chi connectivity index (χ1n) is 10.1. The van der Waals surface area contributed by atoms with E-state index in [1.54, 1.807) is 30.3 Å². The SMILES string of the molecule is O=C(c1cccc(Cc2n[nH]c(=O)c3ccccc23)c1)N1CCn2nc(C(F)(F)F)nc2C1. The lowest BCUT2D eigenvalue weighted by Gasteiger charge is -2.26. The average Bonchev–Trinajstić information content (AvgIpc) is 3.25. The monoisotopic (exact) mass is 454 g/mol. The average molecular weight is 454 g/mol. The fourth-order valence-corrected chi connectivity index (χ4v) is 3.93. The van der Waals surface area contributed by atoms with Crippen LogP contribution in [0.4, 0.5) is 13.2 Å². The molecule has 0 bridgehead atoms. The summed E-state index contributed by atoms with van der Waals surface area (Å²) in [5.41, 5.74) is 1.61. The van der Waals surface area contributed by atoms with Crippen molar-refractivity contribution in [1.82, 2.24) is 29.9 Å². The molecule has 1 aliphatic rings. The third-order valence-corrected chi connectivity index (χ3v) is 5.52. The lowest BCUT2D eigenvalue weighted by molar-refractivity contribution is -0.145. The van der Waals surface area contributed by atoms with E-state index in [1.165, 1.54) is 9.58 Å². The van der Waals surface area contributed by atoms with Crippen molar-refractivity contribution in [2.45, 2.75) is 25.7 Å². The van der Waals surface area contributed by atoms with Crippen molar-refractivity contribution >= 4 is 16.7 Å². The van der Waals surface area contributed by atoms with Crippen molar-refractivity contribution in [2.75, 3.05) is 6.54 Å². The number of carbonyl (C=O) groups excluding carboxylic acids is 1. The summed E-state index contributed by atoms with van der Waals surface area (Å²) in [7, 11) is 0. The number of nitrogens with zero attached hydrogens (tertiary/aromatic N) is 5. The van der Waals surface area contributed by atoms with Crippen molar-refractivity contribution in [1.29, 1.82) is 0 Å². The van der Waals surface area contributed by atoms with Gasteiger partial charge in [-0.05, 0) is 23.8 Å². The normalized spacial score (nSPS) is 13.8. The van der Waals surface area contributed by atoms with Crippen molar-refractivity contribution < 1.29 is 18.0 Å². The highest BCUT2D eigenvalue weighted by molar-refractivity contribution is 5.94. The third-order valence-electron chi connectivity index (χ3n) is 5.52. The molecule has 2 aromatic carbocycles. The van der Waals surface area contributed by atoms with Gasteiger partial charge in [0.25, 0.3) is 17.3 Å². The smallest absolute Gasteiger partial charge is 0.329 e. The number of H-pyrrole nitrogens is 1. The summed E-state index contributed by atoms with van der Waals surface area (Å²) < 4.78 is 39.9. The van der Waals surface area contributed by atoms with Crippen LogP contribution in [0.5, 0.6) is 0 Å². The number of hydrogen-bond acceptors (Lipinski definition) is 5. The predicted octanol–water partition coefficient (Wildman–Crippen LogP) is 2.78. The van der Waals surface area contributed by atoms with E-state index in [4.69, 9.17) is 0 Å². The zero-order valence-corrected chi connectivity index (χ0v) is 17.1. The Kier molecular flexibility index (Phi) is 4.95. The molecule has 11 heteroatoms. The van der Waals surface area contributed by atoms with Gasteiger partial charge in [0.1, 0.15) is 5.82 Å². The van der Waals surface area contributed by atoms with Crippen molar-refractivity contribution in [3.05, 3.63) is 87.4 Å². The Labute approximate surface area is 184 Å². The molecule has 1 N–H and O–H groups in total. The van der Waals surface area contributed by atoms with Crippen LogP contribution in [0.1, 0.15) is 33.3 Å². The molecule has 33 heavy (non-hydrogen) atoms. The summed E-state index contributed by atoms with van der Waals surface area (Å²) in [6, 6.07) is 14.1. The van der Waals surface area contributed by atoms with E-state index in [9.17, 15) is 22.8 Å². The summed E-state index contributed by atoms with van der Waals surface area (Å²) >= 11 is 0. The van der Waals surface area contributed by atoms with Crippen molar-refractivity contribution in [3.8, 4) is 0 Å². The first-order valence-corrected chi connectivity index (χ1v) is 10.1. The van der Waals surface area contributed by atoms with Gasteiger partial charge in [-0.1, -0.05) is 30.3 Å². The number of aromatic nitrogens is 5. The second kappa shape index (κ2) is 7.84.